The summed E-state index contributed by atoms with van der Waals surface area (Å²) in [6.07, 6.45) is 1.47. The molecule has 0 unspecified atom stereocenters. The molecule has 0 fully saturated rings. The van der Waals surface area contributed by atoms with Crippen molar-refractivity contribution in [3.05, 3.63) is 11.9 Å². The molecule has 0 radical (unpaired) electrons. The van der Waals surface area contributed by atoms with E-state index in [1.165, 1.54) is 11.2 Å². The van der Waals surface area contributed by atoms with Gasteiger partial charge in [0.15, 0.2) is 0 Å². The molecule has 0 aromatic carbocycles. The van der Waals surface area contributed by atoms with Crippen LogP contribution in [-0.4, -0.2) is 62.9 Å². The van der Waals surface area contributed by atoms with Crippen molar-refractivity contribution in [1.29, 1.82) is 0 Å². The van der Waals surface area contributed by atoms with Crippen molar-refractivity contribution in [2.24, 2.45) is 11.6 Å². The van der Waals surface area contributed by atoms with Crippen molar-refractivity contribution in [2.75, 3.05) is 52.8 Å². The zero-order valence-corrected chi connectivity index (χ0v) is 17.0. The lowest BCUT2D eigenvalue weighted by Crippen LogP contribution is -2.30. The smallest absolute Gasteiger partial charge is 0.0840 e. The van der Waals surface area contributed by atoms with Crippen molar-refractivity contribution < 1.29 is 19.3 Å². The highest BCUT2D eigenvalue weighted by atomic mass is 16.5. The highest BCUT2D eigenvalue weighted by Crippen LogP contribution is 1.87. The maximum absolute atomic E-state index is 8.68. The van der Waals surface area contributed by atoms with E-state index >= 15 is 0 Å². The lowest BCUT2D eigenvalue weighted by Gasteiger charge is -2.14. The average Bonchev–Trinajstić information content (AvgIpc) is 2.65. The Morgan fingerprint density at radius 2 is 1.29 bits per heavy atom. The number of nitrogens with zero attached hydrogens (tertiary/aromatic N) is 1. The quantitative estimate of drug-likeness (QED) is 0.280. The molecule has 0 aromatic rings. The molecule has 0 saturated heterocycles. The van der Waals surface area contributed by atoms with E-state index < -0.39 is 0 Å². The van der Waals surface area contributed by atoms with Crippen LogP contribution in [0.5, 0.6) is 0 Å². The van der Waals surface area contributed by atoms with Crippen LogP contribution in [0.15, 0.2) is 11.9 Å². The summed E-state index contributed by atoms with van der Waals surface area (Å²) in [5.74, 6) is 5.58. The second kappa shape index (κ2) is 33.7. The van der Waals surface area contributed by atoms with E-state index in [1.54, 1.807) is 0 Å². The molecule has 0 aliphatic carbocycles. The summed E-state index contributed by atoms with van der Waals surface area (Å²) in [6.45, 7) is 17.7. The van der Waals surface area contributed by atoms with E-state index in [0.29, 0.717) is 51.9 Å². The molecule has 0 bridgehead atoms. The third-order valence-electron chi connectivity index (χ3n) is 1.96. The number of ether oxygens (including phenoxy) is 3. The van der Waals surface area contributed by atoms with Gasteiger partial charge < -0.3 is 30.1 Å². The van der Waals surface area contributed by atoms with E-state index in [4.69, 9.17) is 30.9 Å². The Morgan fingerprint density at radius 1 is 0.875 bits per heavy atom. The van der Waals surface area contributed by atoms with Gasteiger partial charge in [-0.25, -0.2) is 5.84 Å². The Kier molecular flexibility index (Phi) is 43.4. The fraction of sp³-hybridized carbons (Fsp3) is 0.882. The van der Waals surface area contributed by atoms with Gasteiger partial charge >= 0.3 is 0 Å². The maximum Gasteiger partial charge on any atom is 0.0840 e. The first-order valence-electron chi connectivity index (χ1n) is 9.02. The van der Waals surface area contributed by atoms with Gasteiger partial charge in [0.1, 0.15) is 0 Å². The highest BCUT2D eigenvalue weighted by molar-refractivity contribution is 4.94. The SMILES string of the molecule is CC.CC.CC.CCOCCOCCOCCN(N)/C=C(\N)CO. The molecule has 0 spiro atoms. The van der Waals surface area contributed by atoms with Gasteiger partial charge in [-0.3, -0.25) is 0 Å². The Labute approximate surface area is 149 Å². The minimum Gasteiger partial charge on any atom is -0.399 e. The Balaban J connectivity index is -0.000000297. The molecule has 0 saturated carbocycles. The minimum absolute atomic E-state index is 0.206. The number of nitrogens with two attached hydrogens (primary N) is 2. The fourth-order valence-corrected chi connectivity index (χ4v) is 1.07. The standard InChI is InChI=1S/C11H25N3O4.3C2H6/c1-2-16-5-6-18-8-7-17-4-3-14(13)9-11(12)10-15;3*1-2/h9,15H,2-8,10,12-13H2,1H3;3*1-2H3/b11-9-;;;. The molecule has 0 aliphatic heterocycles. The van der Waals surface area contributed by atoms with E-state index in [-0.39, 0.29) is 6.61 Å². The van der Waals surface area contributed by atoms with Gasteiger partial charge in [0.2, 0.25) is 0 Å². The number of aliphatic hydroxyl groups excluding tert-OH is 1. The predicted octanol–water partition coefficient (Wildman–Crippen LogP) is 2.10. The van der Waals surface area contributed by atoms with Crippen molar-refractivity contribution >= 4 is 0 Å². The Morgan fingerprint density at radius 3 is 1.71 bits per heavy atom. The van der Waals surface area contributed by atoms with Gasteiger partial charge in [0.05, 0.1) is 51.9 Å². The highest BCUT2D eigenvalue weighted by Gasteiger charge is 1.95. The second-order valence-electron chi connectivity index (χ2n) is 3.52. The van der Waals surface area contributed by atoms with Crippen LogP contribution in [-0.2, 0) is 14.2 Å². The first kappa shape index (κ1) is 31.0. The molecule has 0 atom stereocenters. The van der Waals surface area contributed by atoms with Crippen LogP contribution in [0.2, 0.25) is 0 Å². The fourth-order valence-electron chi connectivity index (χ4n) is 1.07. The van der Waals surface area contributed by atoms with E-state index in [1.807, 2.05) is 48.5 Å². The van der Waals surface area contributed by atoms with E-state index in [9.17, 15) is 0 Å². The normalized spacial score (nSPS) is 9.62. The maximum atomic E-state index is 8.68. The average molecular weight is 354 g/mol. The van der Waals surface area contributed by atoms with Crippen LogP contribution in [0.3, 0.4) is 0 Å². The van der Waals surface area contributed by atoms with Crippen LogP contribution < -0.4 is 11.6 Å². The van der Waals surface area contributed by atoms with Crippen molar-refractivity contribution in [3.63, 3.8) is 0 Å². The predicted molar refractivity (Wildman–Crippen MR) is 102 cm³/mol. The van der Waals surface area contributed by atoms with Crippen LogP contribution >= 0.6 is 0 Å². The molecule has 24 heavy (non-hydrogen) atoms. The van der Waals surface area contributed by atoms with E-state index in [0.717, 1.165) is 0 Å². The summed E-state index contributed by atoms with van der Waals surface area (Å²) in [6, 6.07) is 0. The molecule has 7 heteroatoms. The topological polar surface area (TPSA) is 103 Å². The first-order valence-corrected chi connectivity index (χ1v) is 9.02. The lowest BCUT2D eigenvalue weighted by molar-refractivity contribution is 0.0144. The molecular weight excluding hydrogens is 310 g/mol. The van der Waals surface area contributed by atoms with Crippen LogP contribution in [0.1, 0.15) is 48.5 Å². The number of hydrazine groups is 1. The largest absolute Gasteiger partial charge is 0.399 e. The number of rotatable bonds is 12. The second-order valence-corrected chi connectivity index (χ2v) is 3.52. The summed E-state index contributed by atoms with van der Waals surface area (Å²) in [7, 11) is 0. The number of hydrogen-bond acceptors (Lipinski definition) is 7. The lowest BCUT2D eigenvalue weighted by atomic mass is 10.5. The molecular formula is C17H43N3O4. The van der Waals surface area contributed by atoms with Crippen LogP contribution in [0.25, 0.3) is 0 Å². The molecule has 0 aromatic heterocycles. The van der Waals surface area contributed by atoms with Crippen LogP contribution in [0, 0.1) is 0 Å². The van der Waals surface area contributed by atoms with Gasteiger partial charge in [-0.2, -0.15) is 0 Å². The zero-order valence-electron chi connectivity index (χ0n) is 17.0. The molecule has 0 amide bonds. The van der Waals surface area contributed by atoms with Gasteiger partial charge in [0.25, 0.3) is 0 Å². The summed E-state index contributed by atoms with van der Waals surface area (Å²) < 4.78 is 15.7. The molecule has 5 N–H and O–H groups in total. The molecule has 0 rings (SSSR count). The van der Waals surface area contributed by atoms with Crippen molar-refractivity contribution in [1.82, 2.24) is 5.01 Å². The molecule has 7 nitrogen and oxygen atoms in total. The van der Waals surface area contributed by atoms with Crippen LogP contribution in [0.4, 0.5) is 0 Å². The molecule has 150 valence electrons. The van der Waals surface area contributed by atoms with Crippen molar-refractivity contribution in [3.8, 4) is 0 Å². The van der Waals surface area contributed by atoms with Gasteiger partial charge in [-0.15, -0.1) is 0 Å². The van der Waals surface area contributed by atoms with Gasteiger partial charge in [-0.05, 0) is 6.92 Å². The molecule has 0 aliphatic rings. The Bertz CT molecular complexity index is 218. The molecule has 0 heterocycles. The van der Waals surface area contributed by atoms with Crippen molar-refractivity contribution in [2.45, 2.75) is 48.5 Å². The first-order chi connectivity index (χ1) is 11.7. The summed E-state index contributed by atoms with van der Waals surface area (Å²) in [5, 5.41) is 10.1. The van der Waals surface area contributed by atoms with Gasteiger partial charge in [-0.1, -0.05) is 41.5 Å². The summed E-state index contributed by atoms with van der Waals surface area (Å²) in [5.41, 5.74) is 5.72. The number of aliphatic hydroxyl groups is 1. The third kappa shape index (κ3) is 32.9. The summed E-state index contributed by atoms with van der Waals surface area (Å²) >= 11 is 0. The monoisotopic (exact) mass is 353 g/mol. The zero-order chi connectivity index (χ0) is 19.6. The van der Waals surface area contributed by atoms with E-state index in [2.05, 4.69) is 0 Å². The third-order valence-corrected chi connectivity index (χ3v) is 1.96. The minimum atomic E-state index is -0.206. The Hall–Kier alpha value is -0.860. The number of hydrogen-bond donors (Lipinski definition) is 3. The van der Waals surface area contributed by atoms with Gasteiger partial charge in [0, 0.05) is 12.8 Å². The summed E-state index contributed by atoms with van der Waals surface area (Å²) in [4.78, 5) is 0.